The Morgan fingerprint density at radius 3 is 2.25 bits per heavy atom. The van der Waals surface area contributed by atoms with E-state index in [0.29, 0.717) is 12.0 Å². The zero-order chi connectivity index (χ0) is 12.1. The Balaban J connectivity index is 2.21. The normalized spacial score (nSPS) is 21.9. The van der Waals surface area contributed by atoms with E-state index in [4.69, 9.17) is 5.73 Å². The number of piperidine rings is 1. The van der Waals surface area contributed by atoms with Crippen LogP contribution in [0.25, 0.3) is 0 Å². The van der Waals surface area contributed by atoms with Crippen molar-refractivity contribution < 1.29 is 0 Å². The number of nitrogens with zero attached hydrogens (tertiary/aromatic N) is 2. The van der Waals surface area contributed by atoms with Crippen molar-refractivity contribution in [1.29, 1.82) is 0 Å². The molecule has 1 saturated heterocycles. The molecule has 0 aromatic carbocycles. The zero-order valence-electron chi connectivity index (χ0n) is 11.4. The lowest BCUT2D eigenvalue weighted by Gasteiger charge is -2.36. The van der Waals surface area contributed by atoms with Gasteiger partial charge in [-0.25, -0.2) is 0 Å². The van der Waals surface area contributed by atoms with E-state index in [0.717, 1.165) is 19.0 Å². The van der Waals surface area contributed by atoms with Crippen molar-refractivity contribution in [2.24, 2.45) is 11.7 Å². The minimum atomic E-state index is 0.357. The summed E-state index contributed by atoms with van der Waals surface area (Å²) in [6, 6.07) is 1.13. The van der Waals surface area contributed by atoms with Crippen LogP contribution in [-0.4, -0.2) is 55.6 Å². The highest BCUT2D eigenvalue weighted by Gasteiger charge is 2.21. The lowest BCUT2D eigenvalue weighted by molar-refractivity contribution is 0.137. The lowest BCUT2D eigenvalue weighted by Crippen LogP contribution is -2.46. The molecule has 1 heterocycles. The van der Waals surface area contributed by atoms with Crippen molar-refractivity contribution in [3.63, 3.8) is 0 Å². The Hall–Kier alpha value is -0.120. The van der Waals surface area contributed by atoms with E-state index in [9.17, 15) is 0 Å². The Morgan fingerprint density at radius 2 is 1.81 bits per heavy atom. The van der Waals surface area contributed by atoms with Gasteiger partial charge in [0, 0.05) is 18.6 Å². The molecule has 0 bridgehead atoms. The van der Waals surface area contributed by atoms with E-state index in [-0.39, 0.29) is 0 Å². The maximum atomic E-state index is 6.15. The SMILES string of the molecule is CC(C)CC(N)CN1CCC(N(C)C)CC1. The average molecular weight is 227 g/mol. The van der Waals surface area contributed by atoms with Crippen LogP contribution in [-0.2, 0) is 0 Å². The molecule has 1 atom stereocenters. The molecule has 0 aromatic rings. The Bertz CT molecular complexity index is 184. The number of hydrogen-bond donors (Lipinski definition) is 1. The minimum Gasteiger partial charge on any atom is -0.327 e. The molecule has 1 unspecified atom stereocenters. The maximum Gasteiger partial charge on any atom is 0.0170 e. The third kappa shape index (κ3) is 4.81. The van der Waals surface area contributed by atoms with Crippen LogP contribution in [0.4, 0.5) is 0 Å². The first-order valence-corrected chi connectivity index (χ1v) is 6.63. The molecule has 1 aliphatic heterocycles. The second kappa shape index (κ2) is 6.58. The Kier molecular flexibility index (Phi) is 5.73. The molecule has 3 nitrogen and oxygen atoms in total. The second-order valence-corrected chi connectivity index (χ2v) is 5.89. The molecule has 1 rings (SSSR count). The smallest absolute Gasteiger partial charge is 0.0170 e. The van der Waals surface area contributed by atoms with Crippen molar-refractivity contribution in [1.82, 2.24) is 9.80 Å². The predicted molar refractivity (Wildman–Crippen MR) is 70.6 cm³/mol. The highest BCUT2D eigenvalue weighted by Crippen LogP contribution is 2.15. The molecule has 3 heteroatoms. The first kappa shape index (κ1) is 13.9. The zero-order valence-corrected chi connectivity index (χ0v) is 11.4. The summed E-state index contributed by atoms with van der Waals surface area (Å²) in [6.45, 7) is 8.01. The standard InChI is InChI=1S/C13H29N3/c1-11(2)9-12(14)10-16-7-5-13(6-8-16)15(3)4/h11-13H,5-10,14H2,1-4H3. The minimum absolute atomic E-state index is 0.357. The van der Waals surface area contributed by atoms with Crippen molar-refractivity contribution in [3.8, 4) is 0 Å². The van der Waals surface area contributed by atoms with E-state index in [1.807, 2.05) is 0 Å². The molecule has 0 radical (unpaired) electrons. The van der Waals surface area contributed by atoms with Crippen molar-refractivity contribution in [2.45, 2.75) is 45.2 Å². The van der Waals surface area contributed by atoms with Gasteiger partial charge in [0.15, 0.2) is 0 Å². The molecule has 1 aliphatic rings. The van der Waals surface area contributed by atoms with E-state index in [1.54, 1.807) is 0 Å². The van der Waals surface area contributed by atoms with Crippen LogP contribution < -0.4 is 5.73 Å². The Morgan fingerprint density at radius 1 is 1.25 bits per heavy atom. The van der Waals surface area contributed by atoms with E-state index in [1.165, 1.54) is 25.9 Å². The van der Waals surface area contributed by atoms with Crippen molar-refractivity contribution in [2.75, 3.05) is 33.7 Å². The number of hydrogen-bond acceptors (Lipinski definition) is 3. The fourth-order valence-corrected chi connectivity index (χ4v) is 2.63. The largest absolute Gasteiger partial charge is 0.327 e. The fraction of sp³-hybridized carbons (Fsp3) is 1.00. The number of likely N-dealkylation sites (tertiary alicyclic amines) is 1. The molecule has 0 spiro atoms. The van der Waals surface area contributed by atoms with Gasteiger partial charge in [0.1, 0.15) is 0 Å². The molecule has 96 valence electrons. The van der Waals surface area contributed by atoms with E-state index >= 15 is 0 Å². The predicted octanol–water partition coefficient (Wildman–Crippen LogP) is 1.39. The summed E-state index contributed by atoms with van der Waals surface area (Å²) < 4.78 is 0. The van der Waals surface area contributed by atoms with Gasteiger partial charge >= 0.3 is 0 Å². The number of nitrogens with two attached hydrogens (primary N) is 1. The molecule has 0 aliphatic carbocycles. The number of rotatable bonds is 5. The monoisotopic (exact) mass is 227 g/mol. The van der Waals surface area contributed by atoms with Crippen LogP contribution >= 0.6 is 0 Å². The highest BCUT2D eigenvalue weighted by molar-refractivity contribution is 4.79. The van der Waals surface area contributed by atoms with Gasteiger partial charge in [0.25, 0.3) is 0 Å². The molecule has 16 heavy (non-hydrogen) atoms. The molecule has 0 aromatic heterocycles. The third-order valence-electron chi connectivity index (χ3n) is 3.55. The topological polar surface area (TPSA) is 32.5 Å². The first-order valence-electron chi connectivity index (χ1n) is 6.63. The van der Waals surface area contributed by atoms with Crippen LogP contribution in [0.1, 0.15) is 33.1 Å². The van der Waals surface area contributed by atoms with Crippen molar-refractivity contribution >= 4 is 0 Å². The Labute approximate surface area is 101 Å². The van der Waals surface area contributed by atoms with Crippen LogP contribution in [0.3, 0.4) is 0 Å². The summed E-state index contributed by atoms with van der Waals surface area (Å²) in [4.78, 5) is 4.89. The molecule has 0 saturated carbocycles. The van der Waals surface area contributed by atoms with Crippen LogP contribution in [0, 0.1) is 5.92 Å². The molecular weight excluding hydrogens is 198 g/mol. The van der Waals surface area contributed by atoms with Gasteiger partial charge in [-0.15, -0.1) is 0 Å². The van der Waals surface area contributed by atoms with E-state index in [2.05, 4.69) is 37.7 Å². The van der Waals surface area contributed by atoms with Crippen LogP contribution in [0.2, 0.25) is 0 Å². The average Bonchev–Trinajstić information content (AvgIpc) is 2.16. The lowest BCUT2D eigenvalue weighted by atomic mass is 10.0. The van der Waals surface area contributed by atoms with Crippen LogP contribution in [0.5, 0.6) is 0 Å². The summed E-state index contributed by atoms with van der Waals surface area (Å²) in [5, 5.41) is 0. The van der Waals surface area contributed by atoms with Gasteiger partial charge in [-0.2, -0.15) is 0 Å². The summed E-state index contributed by atoms with van der Waals surface area (Å²) in [5.41, 5.74) is 6.15. The first-order chi connectivity index (χ1) is 7.49. The van der Waals surface area contributed by atoms with E-state index < -0.39 is 0 Å². The molecule has 0 amide bonds. The molecular formula is C13H29N3. The van der Waals surface area contributed by atoms with Gasteiger partial charge in [0.05, 0.1) is 0 Å². The van der Waals surface area contributed by atoms with Gasteiger partial charge in [-0.05, 0) is 52.4 Å². The van der Waals surface area contributed by atoms with Crippen molar-refractivity contribution in [3.05, 3.63) is 0 Å². The fourth-order valence-electron chi connectivity index (χ4n) is 2.63. The second-order valence-electron chi connectivity index (χ2n) is 5.89. The maximum absolute atomic E-state index is 6.15. The summed E-state index contributed by atoms with van der Waals surface area (Å²) in [5.74, 6) is 0.717. The van der Waals surface area contributed by atoms with Gasteiger partial charge < -0.3 is 15.5 Å². The summed E-state index contributed by atoms with van der Waals surface area (Å²) in [7, 11) is 4.37. The van der Waals surface area contributed by atoms with Gasteiger partial charge in [-0.1, -0.05) is 13.8 Å². The summed E-state index contributed by atoms with van der Waals surface area (Å²) >= 11 is 0. The third-order valence-corrected chi connectivity index (χ3v) is 3.55. The highest BCUT2D eigenvalue weighted by atomic mass is 15.2. The quantitative estimate of drug-likeness (QED) is 0.770. The molecule has 1 fully saturated rings. The molecule has 2 N–H and O–H groups in total. The van der Waals surface area contributed by atoms with Gasteiger partial charge in [-0.3, -0.25) is 0 Å². The van der Waals surface area contributed by atoms with Gasteiger partial charge in [0.2, 0.25) is 0 Å². The van der Waals surface area contributed by atoms with Crippen LogP contribution in [0.15, 0.2) is 0 Å². The summed E-state index contributed by atoms with van der Waals surface area (Å²) in [6.07, 6.45) is 3.73.